The Labute approximate surface area is 113 Å². The third-order valence-corrected chi connectivity index (χ3v) is 2.59. The minimum Gasteiger partial charge on any atom is -0.366 e. The van der Waals surface area contributed by atoms with Gasteiger partial charge in [-0.25, -0.2) is 9.97 Å². The molecule has 0 bridgehead atoms. The fraction of sp³-hybridized carbons (Fsp3) is 0.200. The second-order valence-corrected chi connectivity index (χ2v) is 4.46. The molecule has 0 saturated carbocycles. The molecule has 19 heavy (non-hydrogen) atoms. The molecular weight excluding hydrogens is 236 g/mol. The zero-order valence-corrected chi connectivity index (χ0v) is 11.3. The van der Waals surface area contributed by atoms with Crippen LogP contribution in [-0.4, -0.2) is 16.5 Å². The highest BCUT2D eigenvalue weighted by Crippen LogP contribution is 2.19. The van der Waals surface area contributed by atoms with Crippen LogP contribution in [0.5, 0.6) is 0 Å². The number of hydrogen-bond donors (Lipinski definition) is 2. The number of anilines is 3. The molecule has 0 radical (unpaired) electrons. The highest BCUT2D eigenvalue weighted by atomic mass is 15.1. The number of benzene rings is 1. The number of aryl methyl sites for hydroxylation is 2. The van der Waals surface area contributed by atoms with E-state index in [4.69, 9.17) is 0 Å². The Morgan fingerprint density at radius 3 is 2.42 bits per heavy atom. The van der Waals surface area contributed by atoms with E-state index in [1.54, 1.807) is 6.08 Å². The molecule has 0 atom stereocenters. The molecule has 0 spiro atoms. The molecule has 1 aromatic carbocycles. The highest BCUT2D eigenvalue weighted by Gasteiger charge is 2.00. The molecule has 4 heteroatoms. The quantitative estimate of drug-likeness (QED) is 0.802. The summed E-state index contributed by atoms with van der Waals surface area (Å²) < 4.78 is 0. The molecule has 0 aliphatic heterocycles. The summed E-state index contributed by atoms with van der Waals surface area (Å²) in [6.45, 7) is 8.50. The number of hydrogen-bond acceptors (Lipinski definition) is 4. The summed E-state index contributed by atoms with van der Waals surface area (Å²) in [4.78, 5) is 8.36. The van der Waals surface area contributed by atoms with Gasteiger partial charge in [0.1, 0.15) is 18.0 Å². The van der Waals surface area contributed by atoms with Crippen molar-refractivity contribution in [3.05, 3.63) is 54.4 Å². The van der Waals surface area contributed by atoms with Crippen LogP contribution >= 0.6 is 0 Å². The van der Waals surface area contributed by atoms with Crippen molar-refractivity contribution in [2.24, 2.45) is 0 Å². The lowest BCUT2D eigenvalue weighted by atomic mass is 10.1. The maximum Gasteiger partial charge on any atom is 0.135 e. The second-order valence-electron chi connectivity index (χ2n) is 4.46. The molecule has 0 unspecified atom stereocenters. The summed E-state index contributed by atoms with van der Waals surface area (Å²) >= 11 is 0. The fourth-order valence-corrected chi connectivity index (χ4v) is 1.89. The molecule has 1 heterocycles. The van der Waals surface area contributed by atoms with Crippen LogP contribution in [-0.2, 0) is 0 Å². The Balaban J connectivity index is 2.15. The van der Waals surface area contributed by atoms with Crippen LogP contribution in [0.4, 0.5) is 17.3 Å². The molecule has 2 N–H and O–H groups in total. The zero-order valence-electron chi connectivity index (χ0n) is 11.3. The predicted molar refractivity (Wildman–Crippen MR) is 79.9 cm³/mol. The topological polar surface area (TPSA) is 49.8 Å². The average molecular weight is 254 g/mol. The van der Waals surface area contributed by atoms with Crippen molar-refractivity contribution in [3.63, 3.8) is 0 Å². The monoisotopic (exact) mass is 254 g/mol. The van der Waals surface area contributed by atoms with Crippen LogP contribution in [0.1, 0.15) is 11.1 Å². The Morgan fingerprint density at radius 2 is 1.74 bits per heavy atom. The van der Waals surface area contributed by atoms with Gasteiger partial charge in [-0.15, -0.1) is 6.58 Å². The normalized spacial score (nSPS) is 10.0. The van der Waals surface area contributed by atoms with Gasteiger partial charge in [-0.1, -0.05) is 12.1 Å². The molecule has 0 aliphatic carbocycles. The average Bonchev–Trinajstić information content (AvgIpc) is 2.35. The fourth-order valence-electron chi connectivity index (χ4n) is 1.89. The number of rotatable bonds is 5. The van der Waals surface area contributed by atoms with Crippen LogP contribution in [0.3, 0.4) is 0 Å². The third kappa shape index (κ3) is 3.81. The first kappa shape index (κ1) is 13.1. The third-order valence-electron chi connectivity index (χ3n) is 2.59. The lowest BCUT2D eigenvalue weighted by Gasteiger charge is -2.09. The van der Waals surface area contributed by atoms with Gasteiger partial charge < -0.3 is 10.6 Å². The van der Waals surface area contributed by atoms with Gasteiger partial charge in [0.2, 0.25) is 0 Å². The molecule has 2 aromatic rings. The van der Waals surface area contributed by atoms with Crippen LogP contribution in [0.25, 0.3) is 0 Å². The van der Waals surface area contributed by atoms with E-state index in [9.17, 15) is 0 Å². The van der Waals surface area contributed by atoms with Crippen LogP contribution < -0.4 is 10.6 Å². The molecule has 4 nitrogen and oxygen atoms in total. The Bertz CT molecular complexity index is 558. The molecular formula is C15H18N4. The Morgan fingerprint density at radius 1 is 1.05 bits per heavy atom. The summed E-state index contributed by atoms with van der Waals surface area (Å²) in [6, 6.07) is 8.20. The first-order valence-electron chi connectivity index (χ1n) is 6.19. The Kier molecular flexibility index (Phi) is 4.13. The van der Waals surface area contributed by atoms with E-state index in [2.05, 4.69) is 59.2 Å². The molecule has 1 aromatic heterocycles. The van der Waals surface area contributed by atoms with Gasteiger partial charge in [0.05, 0.1) is 0 Å². The Hall–Kier alpha value is -2.36. The van der Waals surface area contributed by atoms with Crippen molar-refractivity contribution < 1.29 is 0 Å². The largest absolute Gasteiger partial charge is 0.366 e. The van der Waals surface area contributed by atoms with Crippen molar-refractivity contribution in [2.75, 3.05) is 17.2 Å². The number of aromatic nitrogens is 2. The van der Waals surface area contributed by atoms with E-state index in [0.717, 1.165) is 17.3 Å². The van der Waals surface area contributed by atoms with Crippen LogP contribution in [0.2, 0.25) is 0 Å². The van der Waals surface area contributed by atoms with E-state index in [-0.39, 0.29) is 0 Å². The maximum atomic E-state index is 4.21. The van der Waals surface area contributed by atoms with Gasteiger partial charge in [-0.3, -0.25) is 0 Å². The smallest absolute Gasteiger partial charge is 0.135 e. The molecule has 0 amide bonds. The maximum absolute atomic E-state index is 4.21. The molecule has 0 fully saturated rings. The first-order chi connectivity index (χ1) is 9.17. The van der Waals surface area contributed by atoms with Crippen molar-refractivity contribution in [1.29, 1.82) is 0 Å². The minimum atomic E-state index is 0.681. The highest BCUT2D eigenvalue weighted by molar-refractivity contribution is 5.60. The second kappa shape index (κ2) is 6.00. The van der Waals surface area contributed by atoms with Gasteiger partial charge >= 0.3 is 0 Å². The standard InChI is InChI=1S/C15H18N4/c1-4-5-16-14-9-15(18-10-17-14)19-13-7-11(2)6-12(3)8-13/h4,6-10H,1,5H2,2-3H3,(H2,16,17,18,19). The molecule has 2 rings (SSSR count). The summed E-state index contributed by atoms with van der Waals surface area (Å²) in [7, 11) is 0. The predicted octanol–water partition coefficient (Wildman–Crippen LogP) is 3.43. The van der Waals surface area contributed by atoms with Crippen molar-refractivity contribution in [1.82, 2.24) is 9.97 Å². The van der Waals surface area contributed by atoms with Gasteiger partial charge in [0, 0.05) is 18.3 Å². The van der Waals surface area contributed by atoms with E-state index < -0.39 is 0 Å². The lowest BCUT2D eigenvalue weighted by molar-refractivity contribution is 1.14. The van der Waals surface area contributed by atoms with E-state index in [1.165, 1.54) is 17.5 Å². The van der Waals surface area contributed by atoms with E-state index >= 15 is 0 Å². The van der Waals surface area contributed by atoms with Crippen LogP contribution in [0.15, 0.2) is 43.2 Å². The lowest BCUT2D eigenvalue weighted by Crippen LogP contribution is -2.02. The van der Waals surface area contributed by atoms with Gasteiger partial charge in [0.15, 0.2) is 0 Å². The minimum absolute atomic E-state index is 0.681. The molecule has 0 aliphatic rings. The molecule has 0 saturated heterocycles. The van der Waals surface area contributed by atoms with Gasteiger partial charge in [0.25, 0.3) is 0 Å². The van der Waals surface area contributed by atoms with Gasteiger partial charge in [-0.2, -0.15) is 0 Å². The van der Waals surface area contributed by atoms with Crippen LogP contribution in [0, 0.1) is 13.8 Å². The summed E-state index contributed by atoms with van der Waals surface area (Å²) in [5.74, 6) is 1.55. The van der Waals surface area contributed by atoms with Crippen molar-refractivity contribution in [3.8, 4) is 0 Å². The summed E-state index contributed by atoms with van der Waals surface area (Å²) in [5, 5.41) is 6.42. The van der Waals surface area contributed by atoms with Gasteiger partial charge in [-0.05, 0) is 37.1 Å². The van der Waals surface area contributed by atoms with E-state index in [1.807, 2.05) is 6.07 Å². The van der Waals surface area contributed by atoms with Crippen molar-refractivity contribution >= 4 is 17.3 Å². The summed E-state index contributed by atoms with van der Waals surface area (Å²) in [5.41, 5.74) is 3.48. The number of nitrogens with one attached hydrogen (secondary N) is 2. The van der Waals surface area contributed by atoms with Crippen molar-refractivity contribution in [2.45, 2.75) is 13.8 Å². The molecule has 98 valence electrons. The van der Waals surface area contributed by atoms with E-state index in [0.29, 0.717) is 6.54 Å². The summed E-state index contributed by atoms with van der Waals surface area (Å²) in [6.07, 6.45) is 3.33. The first-order valence-corrected chi connectivity index (χ1v) is 6.19. The zero-order chi connectivity index (χ0) is 13.7. The number of nitrogens with zero attached hydrogens (tertiary/aromatic N) is 2. The SMILES string of the molecule is C=CCNc1cc(Nc2cc(C)cc(C)c2)ncn1.